The molecule has 2 rings (SSSR count). The van der Waals surface area contributed by atoms with Crippen LogP contribution in [0.15, 0.2) is 70.9 Å². The summed E-state index contributed by atoms with van der Waals surface area (Å²) in [6.07, 6.45) is 0. The summed E-state index contributed by atoms with van der Waals surface area (Å²) in [4.78, 5) is 2.71. The first-order valence-electron chi connectivity index (χ1n) is 5.73. The van der Waals surface area contributed by atoms with Crippen molar-refractivity contribution in [2.75, 3.05) is 0 Å². The number of oxime groups is 1. The normalized spacial score (nSPS) is 11.1. The molecule has 0 saturated carbocycles. The van der Waals surface area contributed by atoms with Gasteiger partial charge in [0.25, 0.3) is 0 Å². The van der Waals surface area contributed by atoms with Crippen LogP contribution in [0.5, 0.6) is 0 Å². The number of azide groups is 1. The van der Waals surface area contributed by atoms with E-state index >= 15 is 0 Å². The lowest BCUT2D eigenvalue weighted by molar-refractivity contribution is 0.316. The molecule has 0 heterocycles. The molecule has 5 nitrogen and oxygen atoms in total. The van der Waals surface area contributed by atoms with E-state index in [-0.39, 0.29) is 11.8 Å². The SMILES string of the molecule is [N-]=[N+]=N/C(=N\O)C(c1ccccc1)c1ccccc1. The molecule has 0 unspecified atom stereocenters. The molecule has 19 heavy (non-hydrogen) atoms. The Hall–Kier alpha value is -2.78. The summed E-state index contributed by atoms with van der Waals surface area (Å²) in [7, 11) is 0. The number of hydrogen-bond acceptors (Lipinski definition) is 2. The first-order valence-corrected chi connectivity index (χ1v) is 5.73. The molecule has 0 aliphatic rings. The van der Waals surface area contributed by atoms with Crippen molar-refractivity contribution >= 4 is 5.84 Å². The molecule has 0 atom stereocenters. The number of rotatable bonds is 3. The Morgan fingerprint density at radius 1 is 0.947 bits per heavy atom. The van der Waals surface area contributed by atoms with Crippen LogP contribution in [0.1, 0.15) is 17.0 Å². The van der Waals surface area contributed by atoms with Gasteiger partial charge in [0.2, 0.25) is 0 Å². The zero-order chi connectivity index (χ0) is 13.5. The standard InChI is InChI=1S/C14H12N4O/c15-18-16-14(17-19)13(11-7-3-1-4-8-11)12-9-5-2-6-10-12/h1-10,13,19H/b17-14-. The van der Waals surface area contributed by atoms with Crippen molar-refractivity contribution in [3.63, 3.8) is 0 Å². The number of nitrogens with zero attached hydrogens (tertiary/aromatic N) is 4. The van der Waals surface area contributed by atoms with E-state index in [1.54, 1.807) is 0 Å². The van der Waals surface area contributed by atoms with E-state index in [0.717, 1.165) is 11.1 Å². The topological polar surface area (TPSA) is 81.4 Å². The fourth-order valence-corrected chi connectivity index (χ4v) is 1.96. The third-order valence-corrected chi connectivity index (χ3v) is 2.77. The van der Waals surface area contributed by atoms with E-state index in [1.807, 2.05) is 60.7 Å². The summed E-state index contributed by atoms with van der Waals surface area (Å²) < 4.78 is 0. The summed E-state index contributed by atoms with van der Waals surface area (Å²) in [5.74, 6) is -0.358. The molecule has 0 bridgehead atoms. The summed E-state index contributed by atoms with van der Waals surface area (Å²) in [6.45, 7) is 0. The molecule has 0 fully saturated rings. The van der Waals surface area contributed by atoms with E-state index in [4.69, 9.17) is 10.7 Å². The predicted octanol–water partition coefficient (Wildman–Crippen LogP) is 3.92. The van der Waals surface area contributed by atoms with Crippen LogP contribution in [0.2, 0.25) is 0 Å². The summed E-state index contributed by atoms with van der Waals surface area (Å²) >= 11 is 0. The van der Waals surface area contributed by atoms with Crippen molar-refractivity contribution in [2.24, 2.45) is 10.3 Å². The first kappa shape index (κ1) is 12.7. The molecule has 0 aliphatic carbocycles. The average molecular weight is 252 g/mol. The van der Waals surface area contributed by atoms with Gasteiger partial charge in [0.15, 0.2) is 5.84 Å². The lowest BCUT2D eigenvalue weighted by atomic mass is 9.90. The molecule has 5 heteroatoms. The van der Waals surface area contributed by atoms with E-state index in [1.165, 1.54) is 0 Å². The smallest absolute Gasteiger partial charge is 0.154 e. The largest absolute Gasteiger partial charge is 0.411 e. The highest BCUT2D eigenvalue weighted by Gasteiger charge is 2.19. The third kappa shape index (κ3) is 2.91. The Morgan fingerprint density at radius 2 is 1.42 bits per heavy atom. The van der Waals surface area contributed by atoms with Crippen LogP contribution in [-0.2, 0) is 0 Å². The summed E-state index contributed by atoms with van der Waals surface area (Å²) in [5, 5.41) is 15.7. The molecule has 0 saturated heterocycles. The van der Waals surface area contributed by atoms with Gasteiger partial charge in [-0.1, -0.05) is 65.8 Å². The van der Waals surface area contributed by atoms with Gasteiger partial charge in [0.1, 0.15) is 0 Å². The lowest BCUT2D eigenvalue weighted by Gasteiger charge is -2.16. The maximum absolute atomic E-state index is 9.07. The van der Waals surface area contributed by atoms with Crippen LogP contribution in [0.4, 0.5) is 0 Å². The second-order valence-corrected chi connectivity index (χ2v) is 3.90. The van der Waals surface area contributed by atoms with E-state index < -0.39 is 0 Å². The van der Waals surface area contributed by atoms with Crippen LogP contribution in [-0.4, -0.2) is 11.0 Å². The monoisotopic (exact) mass is 252 g/mol. The second-order valence-electron chi connectivity index (χ2n) is 3.90. The number of benzene rings is 2. The average Bonchev–Trinajstić information content (AvgIpc) is 2.49. The zero-order valence-corrected chi connectivity index (χ0v) is 10.1. The van der Waals surface area contributed by atoms with E-state index in [0.29, 0.717) is 0 Å². The van der Waals surface area contributed by atoms with Crippen LogP contribution >= 0.6 is 0 Å². The molecule has 1 N–H and O–H groups in total. The van der Waals surface area contributed by atoms with Gasteiger partial charge < -0.3 is 5.21 Å². The molecule has 2 aromatic rings. The van der Waals surface area contributed by atoms with Gasteiger partial charge in [0.05, 0.1) is 5.92 Å². The zero-order valence-electron chi connectivity index (χ0n) is 10.1. The molecule has 0 radical (unpaired) electrons. The maximum atomic E-state index is 9.07. The second kappa shape index (κ2) is 6.23. The molecule has 2 aromatic carbocycles. The molecular weight excluding hydrogens is 240 g/mol. The molecule has 0 aliphatic heterocycles. The Bertz CT molecular complexity index is 564. The minimum atomic E-state index is -0.386. The highest BCUT2D eigenvalue weighted by Crippen LogP contribution is 2.26. The highest BCUT2D eigenvalue weighted by molar-refractivity contribution is 5.92. The van der Waals surface area contributed by atoms with Crippen LogP contribution in [0.25, 0.3) is 10.4 Å². The molecule has 0 amide bonds. The Balaban J connectivity index is 2.54. The van der Waals surface area contributed by atoms with Crippen LogP contribution < -0.4 is 0 Å². The third-order valence-electron chi connectivity index (χ3n) is 2.77. The summed E-state index contributed by atoms with van der Waals surface area (Å²) in [6, 6.07) is 18.9. The lowest BCUT2D eigenvalue weighted by Crippen LogP contribution is -2.11. The van der Waals surface area contributed by atoms with E-state index in [9.17, 15) is 0 Å². The van der Waals surface area contributed by atoms with Crippen molar-refractivity contribution in [1.82, 2.24) is 0 Å². The predicted molar refractivity (Wildman–Crippen MR) is 73.1 cm³/mol. The van der Waals surface area contributed by atoms with Crippen molar-refractivity contribution in [3.8, 4) is 0 Å². The van der Waals surface area contributed by atoms with Gasteiger partial charge in [-0.15, -0.1) is 0 Å². The first-order chi connectivity index (χ1) is 9.36. The van der Waals surface area contributed by atoms with Crippen molar-refractivity contribution in [3.05, 3.63) is 82.2 Å². The van der Waals surface area contributed by atoms with Gasteiger partial charge in [-0.3, -0.25) is 0 Å². The van der Waals surface area contributed by atoms with Crippen molar-refractivity contribution in [2.45, 2.75) is 5.92 Å². The Kier molecular flexibility index (Phi) is 4.16. The molecular formula is C14H12N4O. The highest BCUT2D eigenvalue weighted by atomic mass is 16.4. The van der Waals surface area contributed by atoms with Gasteiger partial charge in [0, 0.05) is 4.91 Å². The minimum Gasteiger partial charge on any atom is -0.411 e. The summed E-state index contributed by atoms with van der Waals surface area (Å²) in [5.41, 5.74) is 10.4. The number of hydrogen-bond donors (Lipinski definition) is 1. The molecule has 0 spiro atoms. The fourth-order valence-electron chi connectivity index (χ4n) is 1.96. The van der Waals surface area contributed by atoms with E-state index in [2.05, 4.69) is 15.2 Å². The van der Waals surface area contributed by atoms with Crippen LogP contribution in [0.3, 0.4) is 0 Å². The van der Waals surface area contributed by atoms with Gasteiger partial charge >= 0.3 is 0 Å². The van der Waals surface area contributed by atoms with Gasteiger partial charge in [-0.25, -0.2) is 0 Å². The number of amidine groups is 1. The Morgan fingerprint density at radius 3 is 1.79 bits per heavy atom. The fraction of sp³-hybridized carbons (Fsp3) is 0.0714. The Labute approximate surface area is 110 Å². The minimum absolute atomic E-state index is 0.0277. The molecule has 94 valence electrons. The quantitative estimate of drug-likeness (QED) is 0.168. The van der Waals surface area contributed by atoms with Crippen LogP contribution in [0, 0.1) is 0 Å². The van der Waals surface area contributed by atoms with Gasteiger partial charge in [-0.05, 0) is 21.8 Å². The molecule has 0 aromatic heterocycles. The van der Waals surface area contributed by atoms with Crippen molar-refractivity contribution < 1.29 is 5.21 Å². The maximum Gasteiger partial charge on any atom is 0.154 e. The van der Waals surface area contributed by atoms with Gasteiger partial charge in [-0.2, -0.15) is 0 Å². The van der Waals surface area contributed by atoms with Crippen molar-refractivity contribution in [1.29, 1.82) is 0 Å².